The van der Waals surface area contributed by atoms with Crippen LogP contribution in [0.3, 0.4) is 0 Å². The first-order valence-corrected chi connectivity index (χ1v) is 7.69. The van der Waals surface area contributed by atoms with E-state index >= 15 is 0 Å². The van der Waals surface area contributed by atoms with Crippen LogP contribution in [0, 0.1) is 11.6 Å². The zero-order valence-electron chi connectivity index (χ0n) is 12.0. The predicted molar refractivity (Wildman–Crippen MR) is 77.6 cm³/mol. The summed E-state index contributed by atoms with van der Waals surface area (Å²) in [6.07, 6.45) is 2.68. The first kappa shape index (κ1) is 18.4. The van der Waals surface area contributed by atoms with Gasteiger partial charge in [-0.3, -0.25) is 0 Å². The molecule has 0 bridgehead atoms. The van der Waals surface area contributed by atoms with Crippen molar-refractivity contribution in [2.75, 3.05) is 30.9 Å². The molecule has 2 amide bonds. The minimum Gasteiger partial charge on any atom is -0.432 e. The van der Waals surface area contributed by atoms with Crippen molar-refractivity contribution in [3.63, 3.8) is 0 Å². The van der Waals surface area contributed by atoms with Gasteiger partial charge in [0.05, 0.1) is 5.69 Å². The Balaban J connectivity index is 2.73. The molecule has 0 unspecified atom stereocenters. The topological polar surface area (TPSA) is 41.6 Å². The molecule has 0 saturated carbocycles. The van der Waals surface area contributed by atoms with E-state index in [1.165, 1.54) is 11.9 Å². The summed E-state index contributed by atoms with van der Waals surface area (Å²) >= 11 is 1.63. The Morgan fingerprint density at radius 3 is 2.64 bits per heavy atom. The van der Waals surface area contributed by atoms with Gasteiger partial charge in [-0.2, -0.15) is 20.5 Å². The zero-order chi connectivity index (χ0) is 16.7. The molecule has 0 saturated heterocycles. The number of benzene rings is 1. The Hall–Kier alpha value is -1.64. The number of carbonyl (C=O) groups is 1. The Kier molecular flexibility index (Phi) is 7.30. The molecule has 1 N–H and O–H groups in total. The van der Waals surface area contributed by atoms with Crippen LogP contribution in [0.2, 0.25) is 0 Å². The number of halogens is 4. The van der Waals surface area contributed by atoms with Crippen molar-refractivity contribution in [1.82, 2.24) is 4.90 Å². The van der Waals surface area contributed by atoms with E-state index in [1.807, 2.05) is 6.26 Å². The summed E-state index contributed by atoms with van der Waals surface area (Å²) < 4.78 is 55.0. The van der Waals surface area contributed by atoms with Gasteiger partial charge in [0.25, 0.3) is 0 Å². The maximum absolute atomic E-state index is 13.7. The van der Waals surface area contributed by atoms with Crippen molar-refractivity contribution in [3.8, 4) is 5.75 Å². The summed E-state index contributed by atoms with van der Waals surface area (Å²) in [7, 11) is 1.51. The van der Waals surface area contributed by atoms with Gasteiger partial charge in [0.15, 0.2) is 17.4 Å². The lowest BCUT2D eigenvalue weighted by atomic mass is 10.2. The summed E-state index contributed by atoms with van der Waals surface area (Å²) in [5.41, 5.74) is -0.444. The monoisotopic (exact) mass is 340 g/mol. The second-order valence-electron chi connectivity index (χ2n) is 4.34. The standard InChI is InChI=1S/C13H16F4N2O2S/c1-19(4-3-5-22-2)13(20)18-10-6-9(15)11(7-8(10)14)21-12(16)17/h6-7,12H,3-5H2,1-2H3,(H,18,20). The number of rotatable bonds is 7. The number of hydrogen-bond acceptors (Lipinski definition) is 3. The van der Waals surface area contributed by atoms with Gasteiger partial charge >= 0.3 is 12.6 Å². The Morgan fingerprint density at radius 2 is 2.05 bits per heavy atom. The van der Waals surface area contributed by atoms with Crippen LogP contribution in [-0.4, -0.2) is 43.1 Å². The van der Waals surface area contributed by atoms with Crippen LogP contribution in [-0.2, 0) is 0 Å². The van der Waals surface area contributed by atoms with Gasteiger partial charge in [0.1, 0.15) is 0 Å². The normalized spacial score (nSPS) is 10.7. The van der Waals surface area contributed by atoms with Crippen molar-refractivity contribution >= 4 is 23.5 Å². The van der Waals surface area contributed by atoms with E-state index in [0.29, 0.717) is 18.7 Å². The smallest absolute Gasteiger partial charge is 0.387 e. The lowest BCUT2D eigenvalue weighted by molar-refractivity contribution is -0.0523. The SMILES string of the molecule is CSCCCN(C)C(=O)Nc1cc(F)c(OC(F)F)cc1F. The number of carbonyl (C=O) groups excluding carboxylic acids is 1. The molecule has 0 aliphatic heterocycles. The number of hydrogen-bond donors (Lipinski definition) is 1. The number of thioether (sulfide) groups is 1. The number of alkyl halides is 2. The average molecular weight is 340 g/mol. The quantitative estimate of drug-likeness (QED) is 0.607. The maximum Gasteiger partial charge on any atom is 0.387 e. The van der Waals surface area contributed by atoms with Crippen LogP contribution in [0.5, 0.6) is 5.75 Å². The van der Waals surface area contributed by atoms with Crippen LogP contribution >= 0.6 is 11.8 Å². The highest BCUT2D eigenvalue weighted by Gasteiger charge is 2.17. The third kappa shape index (κ3) is 5.63. The van der Waals surface area contributed by atoms with Crippen molar-refractivity contribution in [3.05, 3.63) is 23.8 Å². The van der Waals surface area contributed by atoms with E-state index in [-0.39, 0.29) is 0 Å². The third-order valence-electron chi connectivity index (χ3n) is 2.67. The molecule has 9 heteroatoms. The van der Waals surface area contributed by atoms with E-state index in [4.69, 9.17) is 0 Å². The Morgan fingerprint density at radius 1 is 1.36 bits per heavy atom. The highest BCUT2D eigenvalue weighted by atomic mass is 32.2. The first-order valence-electron chi connectivity index (χ1n) is 6.30. The van der Waals surface area contributed by atoms with Gasteiger partial charge < -0.3 is 15.0 Å². The van der Waals surface area contributed by atoms with Crippen LogP contribution in [0.25, 0.3) is 0 Å². The van der Waals surface area contributed by atoms with E-state index in [1.54, 1.807) is 11.8 Å². The lowest BCUT2D eigenvalue weighted by Gasteiger charge is -2.18. The molecule has 4 nitrogen and oxygen atoms in total. The van der Waals surface area contributed by atoms with Gasteiger partial charge in [0.2, 0.25) is 0 Å². The highest BCUT2D eigenvalue weighted by Crippen LogP contribution is 2.26. The van der Waals surface area contributed by atoms with E-state index in [0.717, 1.165) is 12.2 Å². The highest BCUT2D eigenvalue weighted by molar-refractivity contribution is 7.98. The third-order valence-corrected chi connectivity index (χ3v) is 3.36. The molecule has 124 valence electrons. The second-order valence-corrected chi connectivity index (χ2v) is 5.32. The van der Waals surface area contributed by atoms with Crippen LogP contribution in [0.4, 0.5) is 28.0 Å². The Bertz CT molecular complexity index is 517. The molecule has 0 aliphatic carbocycles. The molecule has 0 heterocycles. The molecule has 0 radical (unpaired) electrons. The Labute approximate surface area is 129 Å². The molecule has 1 rings (SSSR count). The van der Waals surface area contributed by atoms with E-state index < -0.39 is 35.7 Å². The summed E-state index contributed by atoms with van der Waals surface area (Å²) in [6.45, 7) is -2.82. The fourth-order valence-corrected chi connectivity index (χ4v) is 1.99. The fraction of sp³-hybridized carbons (Fsp3) is 0.462. The molecule has 0 aromatic heterocycles. The van der Waals surface area contributed by atoms with Crippen LogP contribution in [0.15, 0.2) is 12.1 Å². The molecule has 0 spiro atoms. The van der Waals surface area contributed by atoms with Gasteiger partial charge in [0, 0.05) is 25.7 Å². The van der Waals surface area contributed by atoms with Crippen molar-refractivity contribution < 1.29 is 27.1 Å². The molecule has 22 heavy (non-hydrogen) atoms. The number of amides is 2. The van der Waals surface area contributed by atoms with E-state index in [2.05, 4.69) is 10.1 Å². The molecule has 0 fully saturated rings. The van der Waals surface area contributed by atoms with E-state index in [9.17, 15) is 22.4 Å². The van der Waals surface area contributed by atoms with Gasteiger partial charge in [-0.05, 0) is 18.4 Å². The number of ether oxygens (including phenoxy) is 1. The van der Waals surface area contributed by atoms with Crippen molar-refractivity contribution in [1.29, 1.82) is 0 Å². The summed E-state index contributed by atoms with van der Waals surface area (Å²) in [5, 5.41) is 2.18. The average Bonchev–Trinajstić information content (AvgIpc) is 2.43. The zero-order valence-corrected chi connectivity index (χ0v) is 12.9. The molecule has 1 aromatic rings. The minimum absolute atomic E-state index is 0.444. The van der Waals surface area contributed by atoms with Gasteiger partial charge in [-0.25, -0.2) is 13.6 Å². The summed E-state index contributed by atoms with van der Waals surface area (Å²) in [5.74, 6) is -2.32. The fourth-order valence-electron chi connectivity index (χ4n) is 1.57. The number of anilines is 1. The predicted octanol–water partition coefficient (Wildman–Crippen LogP) is 3.78. The lowest BCUT2D eigenvalue weighted by Crippen LogP contribution is -2.32. The number of nitrogens with one attached hydrogen (secondary N) is 1. The largest absolute Gasteiger partial charge is 0.432 e. The summed E-state index contributed by atoms with van der Waals surface area (Å²) in [4.78, 5) is 13.1. The second kappa shape index (κ2) is 8.72. The minimum atomic E-state index is -3.27. The molecular weight excluding hydrogens is 324 g/mol. The maximum atomic E-state index is 13.7. The van der Waals surface area contributed by atoms with Crippen LogP contribution < -0.4 is 10.1 Å². The molecule has 0 atom stereocenters. The number of nitrogens with zero attached hydrogens (tertiary/aromatic N) is 1. The van der Waals surface area contributed by atoms with Crippen molar-refractivity contribution in [2.45, 2.75) is 13.0 Å². The van der Waals surface area contributed by atoms with Crippen molar-refractivity contribution in [2.24, 2.45) is 0 Å². The molecule has 0 aliphatic rings. The summed E-state index contributed by atoms with van der Waals surface area (Å²) in [6, 6.07) is 0.438. The van der Waals surface area contributed by atoms with Crippen LogP contribution in [0.1, 0.15) is 6.42 Å². The molecule has 1 aromatic carbocycles. The van der Waals surface area contributed by atoms with Gasteiger partial charge in [-0.1, -0.05) is 0 Å². The van der Waals surface area contributed by atoms with Gasteiger partial charge in [-0.15, -0.1) is 0 Å². The first-order chi connectivity index (χ1) is 10.3. The number of urea groups is 1. The molecular formula is C13H16F4N2O2S.